The fourth-order valence-electron chi connectivity index (χ4n) is 1.55. The van der Waals surface area contributed by atoms with Crippen molar-refractivity contribution in [1.82, 2.24) is 0 Å². The number of carboxylic acids is 1. The zero-order chi connectivity index (χ0) is 10.3. The van der Waals surface area contributed by atoms with Crippen molar-refractivity contribution in [3.63, 3.8) is 0 Å². The summed E-state index contributed by atoms with van der Waals surface area (Å²) in [6.07, 6.45) is -2.63. The van der Waals surface area contributed by atoms with Crippen LogP contribution in [0.3, 0.4) is 0 Å². The van der Waals surface area contributed by atoms with E-state index in [1.165, 1.54) is 0 Å². The van der Waals surface area contributed by atoms with E-state index in [0.717, 1.165) is 0 Å². The molecule has 0 spiro atoms. The summed E-state index contributed by atoms with van der Waals surface area (Å²) in [5.41, 5.74) is 0. The topological polar surface area (TPSA) is 111 Å². The van der Waals surface area contributed by atoms with Gasteiger partial charge in [0.1, 0.15) is 0 Å². The first-order chi connectivity index (χ1) is 6.50. The van der Waals surface area contributed by atoms with E-state index in [-0.39, 0.29) is 19.1 Å². The Kier molecular flexibility index (Phi) is 2.33. The van der Waals surface area contributed by atoms with Gasteiger partial charge in [0.25, 0.3) is 0 Å². The molecule has 4 atom stereocenters. The van der Waals surface area contributed by atoms with Crippen molar-refractivity contribution in [2.24, 2.45) is 5.40 Å². The van der Waals surface area contributed by atoms with Gasteiger partial charge < -0.3 is 23.5 Å². The lowest BCUT2D eigenvalue weighted by molar-refractivity contribution is -0.153. The lowest BCUT2D eigenvalue weighted by Gasteiger charge is -2.23. The molecule has 2 bridgehead atoms. The minimum absolute atomic E-state index is 0.170. The summed E-state index contributed by atoms with van der Waals surface area (Å²) in [6, 6.07) is 0. The van der Waals surface area contributed by atoms with Gasteiger partial charge in [-0.1, -0.05) is 0 Å². The molecule has 14 heavy (non-hydrogen) atoms. The largest absolute Gasteiger partial charge is 0.595 e. The van der Waals surface area contributed by atoms with Crippen LogP contribution >= 0.6 is 0 Å². The minimum Gasteiger partial charge on any atom is -0.479 e. The van der Waals surface area contributed by atoms with Crippen LogP contribution in [0.15, 0.2) is 0 Å². The van der Waals surface area contributed by atoms with Crippen molar-refractivity contribution in [2.45, 2.75) is 24.7 Å². The van der Waals surface area contributed by atoms with Gasteiger partial charge in [-0.25, -0.2) is 4.79 Å². The first kappa shape index (κ1) is 10.0. The second kappa shape index (κ2) is 3.26. The van der Waals surface area contributed by atoms with E-state index in [1.54, 1.807) is 0 Å². The number of hydrogen-bond donors (Lipinski definition) is 3. The molecule has 0 radical (unpaired) electrons. The quantitative estimate of drug-likeness (QED) is 0.440. The highest BCUT2D eigenvalue weighted by Gasteiger charge is 2.54. The maximum Gasteiger partial charge on any atom is 0.595 e. The fourth-order valence-corrected chi connectivity index (χ4v) is 3.40. The standard InChI is InChI=1S/C6H11NO6Si/c7-14-11-2-3(12-14)1-4(8)5(13-14)6(9)10/h3-5,8H,1-2,7H2,(H,9,10). The van der Waals surface area contributed by atoms with Gasteiger partial charge in [0.15, 0.2) is 6.10 Å². The number of aliphatic hydroxyl groups is 1. The van der Waals surface area contributed by atoms with Crippen LogP contribution < -0.4 is 5.40 Å². The van der Waals surface area contributed by atoms with Crippen molar-refractivity contribution < 1.29 is 28.3 Å². The summed E-state index contributed by atoms with van der Waals surface area (Å²) in [4.78, 5) is 10.7. The average molecular weight is 221 g/mol. The Morgan fingerprint density at radius 1 is 1.50 bits per heavy atom. The third kappa shape index (κ3) is 1.67. The molecule has 80 valence electrons. The first-order valence-corrected chi connectivity index (χ1v) is 6.00. The maximum absolute atomic E-state index is 10.7. The van der Waals surface area contributed by atoms with E-state index >= 15 is 0 Å². The Hall–Kier alpha value is -0.513. The molecular formula is C6H11NO6Si. The molecule has 0 saturated carbocycles. The van der Waals surface area contributed by atoms with Gasteiger partial charge >= 0.3 is 14.9 Å². The van der Waals surface area contributed by atoms with Gasteiger partial charge in [-0.15, -0.1) is 0 Å². The van der Waals surface area contributed by atoms with E-state index in [1.807, 2.05) is 0 Å². The normalized spacial score (nSPS) is 47.4. The van der Waals surface area contributed by atoms with Crippen LogP contribution in [0.5, 0.6) is 0 Å². The molecule has 0 aromatic carbocycles. The minimum atomic E-state index is -3.30. The first-order valence-electron chi connectivity index (χ1n) is 4.19. The zero-order valence-corrected chi connectivity index (χ0v) is 8.25. The Balaban J connectivity index is 2.18. The van der Waals surface area contributed by atoms with Crippen LogP contribution in [0.25, 0.3) is 0 Å². The molecule has 2 aliphatic heterocycles. The smallest absolute Gasteiger partial charge is 0.479 e. The van der Waals surface area contributed by atoms with Gasteiger partial charge in [0.05, 0.1) is 18.8 Å². The summed E-state index contributed by atoms with van der Waals surface area (Å²) in [5.74, 6) is -1.26. The van der Waals surface area contributed by atoms with Crippen molar-refractivity contribution in [3.05, 3.63) is 0 Å². The predicted molar refractivity (Wildman–Crippen MR) is 43.9 cm³/mol. The van der Waals surface area contributed by atoms with E-state index in [4.69, 9.17) is 23.8 Å². The van der Waals surface area contributed by atoms with Crippen LogP contribution in [0, 0.1) is 0 Å². The highest BCUT2D eigenvalue weighted by molar-refractivity contribution is 6.57. The second-order valence-corrected chi connectivity index (χ2v) is 5.30. The van der Waals surface area contributed by atoms with Gasteiger partial charge in [0, 0.05) is 6.42 Å². The molecule has 2 fully saturated rings. The number of aliphatic carboxylic acids is 1. The maximum atomic E-state index is 10.7. The van der Waals surface area contributed by atoms with E-state index in [9.17, 15) is 9.90 Å². The van der Waals surface area contributed by atoms with Gasteiger partial charge in [-0.3, -0.25) is 5.40 Å². The van der Waals surface area contributed by atoms with E-state index in [2.05, 4.69) is 0 Å². The molecule has 0 amide bonds. The van der Waals surface area contributed by atoms with Gasteiger partial charge in [0.2, 0.25) is 0 Å². The van der Waals surface area contributed by atoms with Crippen molar-refractivity contribution in [1.29, 1.82) is 0 Å². The third-order valence-electron chi connectivity index (χ3n) is 2.19. The highest BCUT2D eigenvalue weighted by atomic mass is 28.4. The Bertz CT molecular complexity index is 263. The number of aliphatic hydroxyl groups excluding tert-OH is 1. The third-order valence-corrected chi connectivity index (χ3v) is 4.00. The molecule has 0 aromatic rings. The Labute approximate surface area is 80.8 Å². The number of nitrogens with two attached hydrogens (primary N) is 1. The van der Waals surface area contributed by atoms with Crippen molar-refractivity contribution in [3.8, 4) is 0 Å². The molecular weight excluding hydrogens is 210 g/mol. The fraction of sp³-hybridized carbons (Fsp3) is 0.833. The Morgan fingerprint density at radius 2 is 2.21 bits per heavy atom. The average Bonchev–Trinajstić information content (AvgIpc) is 2.36. The molecule has 4 N–H and O–H groups in total. The van der Waals surface area contributed by atoms with Gasteiger partial charge in [-0.2, -0.15) is 0 Å². The van der Waals surface area contributed by atoms with Crippen molar-refractivity contribution in [2.75, 3.05) is 6.61 Å². The number of fused-ring (bicyclic) bond motifs is 2. The monoisotopic (exact) mass is 221 g/mol. The van der Waals surface area contributed by atoms with E-state index < -0.39 is 27.1 Å². The van der Waals surface area contributed by atoms with Crippen LogP contribution in [0.4, 0.5) is 0 Å². The van der Waals surface area contributed by atoms with Crippen LogP contribution in [-0.2, 0) is 18.1 Å². The zero-order valence-electron chi connectivity index (χ0n) is 7.25. The molecule has 2 rings (SSSR count). The summed E-state index contributed by atoms with van der Waals surface area (Å²) >= 11 is 0. The molecule has 2 aliphatic rings. The SMILES string of the molecule is N[Si]12OCC(CC(O)C(C(=O)O)O1)O2. The second-order valence-electron chi connectivity index (χ2n) is 3.33. The van der Waals surface area contributed by atoms with E-state index in [0.29, 0.717) is 0 Å². The van der Waals surface area contributed by atoms with Crippen molar-refractivity contribution >= 4 is 14.9 Å². The van der Waals surface area contributed by atoms with Crippen LogP contribution in [0.2, 0.25) is 0 Å². The summed E-state index contributed by atoms with van der Waals surface area (Å²) in [6.45, 7) is 0.256. The molecule has 8 heteroatoms. The molecule has 0 aromatic heterocycles. The molecule has 4 unspecified atom stereocenters. The van der Waals surface area contributed by atoms with Crippen LogP contribution in [0.1, 0.15) is 6.42 Å². The summed E-state index contributed by atoms with van der Waals surface area (Å²) in [5, 5.41) is 23.8. The molecule has 2 heterocycles. The molecule has 2 saturated heterocycles. The van der Waals surface area contributed by atoms with Gasteiger partial charge in [-0.05, 0) is 0 Å². The highest BCUT2D eigenvalue weighted by Crippen LogP contribution is 2.27. The summed E-state index contributed by atoms with van der Waals surface area (Å²) in [7, 11) is -3.30. The number of hydrogen-bond acceptors (Lipinski definition) is 6. The molecule has 7 nitrogen and oxygen atoms in total. The number of rotatable bonds is 1. The van der Waals surface area contributed by atoms with Crippen LogP contribution in [-0.4, -0.2) is 50.1 Å². The number of carboxylic acid groups (broad SMARTS) is 1. The molecule has 0 aliphatic carbocycles. The lowest BCUT2D eigenvalue weighted by atomic mass is 10.1. The predicted octanol–water partition coefficient (Wildman–Crippen LogP) is -1.97. The summed E-state index contributed by atoms with van der Waals surface area (Å²) < 4.78 is 15.3. The lowest BCUT2D eigenvalue weighted by Crippen LogP contribution is -2.56. The Morgan fingerprint density at radius 3 is 2.86 bits per heavy atom. The number of carbonyl (C=O) groups is 1.